The molecule has 0 spiro atoms. The summed E-state index contributed by atoms with van der Waals surface area (Å²) >= 11 is 0. The first-order valence-corrected chi connectivity index (χ1v) is 7.10. The summed E-state index contributed by atoms with van der Waals surface area (Å²) in [5.41, 5.74) is 4.68. The number of ether oxygens (including phenoxy) is 1. The molecule has 1 rings (SSSR count). The van der Waals surface area contributed by atoms with Crippen molar-refractivity contribution < 1.29 is 19.2 Å². The largest absolute Gasteiger partial charge is 0.459 e. The van der Waals surface area contributed by atoms with E-state index >= 15 is 0 Å². The summed E-state index contributed by atoms with van der Waals surface area (Å²) in [6.45, 7) is 9.06. The van der Waals surface area contributed by atoms with Gasteiger partial charge >= 0.3 is 5.97 Å². The molecule has 1 aromatic rings. The fourth-order valence-corrected chi connectivity index (χ4v) is 1.84. The molecule has 0 unspecified atom stereocenters. The van der Waals surface area contributed by atoms with Crippen molar-refractivity contribution in [3.63, 3.8) is 0 Å². The number of hydrogen-bond donors (Lipinski definition) is 2. The van der Waals surface area contributed by atoms with Crippen molar-refractivity contribution in [1.82, 2.24) is 5.48 Å². The number of hydrogen-bond acceptors (Lipinski definition) is 5. The van der Waals surface area contributed by atoms with E-state index in [4.69, 9.17) is 9.57 Å². The van der Waals surface area contributed by atoms with Gasteiger partial charge in [0.05, 0.1) is 6.61 Å². The first-order valence-electron chi connectivity index (χ1n) is 7.10. The Morgan fingerprint density at radius 3 is 2.45 bits per heavy atom. The van der Waals surface area contributed by atoms with Crippen LogP contribution < -0.4 is 10.8 Å². The van der Waals surface area contributed by atoms with Gasteiger partial charge in [-0.1, -0.05) is 6.07 Å². The van der Waals surface area contributed by atoms with E-state index in [-0.39, 0.29) is 25.0 Å². The maximum Gasteiger partial charge on any atom is 0.322 e. The highest BCUT2D eigenvalue weighted by molar-refractivity contribution is 5.88. The second-order valence-corrected chi connectivity index (χ2v) is 6.08. The van der Waals surface area contributed by atoms with E-state index < -0.39 is 5.60 Å². The molecule has 1 amide bonds. The van der Waals surface area contributed by atoms with E-state index in [9.17, 15) is 9.59 Å². The smallest absolute Gasteiger partial charge is 0.322 e. The van der Waals surface area contributed by atoms with Crippen LogP contribution in [0.4, 0.5) is 5.69 Å². The van der Waals surface area contributed by atoms with Gasteiger partial charge in [-0.05, 0) is 51.0 Å². The molecule has 1 aromatic carbocycles. The third-order valence-corrected chi connectivity index (χ3v) is 2.43. The number of amides is 1. The molecule has 22 heavy (non-hydrogen) atoms. The summed E-state index contributed by atoms with van der Waals surface area (Å²) in [4.78, 5) is 27.8. The van der Waals surface area contributed by atoms with Crippen molar-refractivity contribution >= 4 is 17.6 Å². The highest BCUT2D eigenvalue weighted by Crippen LogP contribution is 2.15. The highest BCUT2D eigenvalue weighted by atomic mass is 16.6. The van der Waals surface area contributed by atoms with Crippen LogP contribution in [-0.2, 0) is 25.8 Å². The highest BCUT2D eigenvalue weighted by Gasteiger charge is 2.15. The van der Waals surface area contributed by atoms with Crippen molar-refractivity contribution in [2.75, 3.05) is 11.9 Å². The molecule has 6 heteroatoms. The molecular weight excluding hydrogens is 284 g/mol. The average molecular weight is 308 g/mol. The molecule has 0 heterocycles. The maximum absolute atomic E-state index is 11.5. The molecular formula is C16H24N2O4. The van der Waals surface area contributed by atoms with E-state index in [1.807, 2.05) is 45.9 Å². The number of esters is 1. The molecule has 122 valence electrons. The standard InChI is InChI=1S/C16H24N2O4/c1-11-6-13(8-14(7-11)18-12(2)19)10-21-17-9-15(20)22-16(3,4)5/h6-8,17H,9-10H2,1-5H3,(H,18,19). The predicted octanol–water partition coefficient (Wildman–Crippen LogP) is 2.32. The van der Waals surface area contributed by atoms with Crippen LogP contribution in [-0.4, -0.2) is 24.0 Å². The van der Waals surface area contributed by atoms with Gasteiger partial charge < -0.3 is 10.1 Å². The Labute approximate surface area is 131 Å². The minimum atomic E-state index is -0.511. The predicted molar refractivity (Wildman–Crippen MR) is 84.1 cm³/mol. The minimum Gasteiger partial charge on any atom is -0.459 e. The molecule has 0 bridgehead atoms. The number of nitrogens with one attached hydrogen (secondary N) is 2. The Balaban J connectivity index is 2.43. The summed E-state index contributed by atoms with van der Waals surface area (Å²) < 4.78 is 5.14. The van der Waals surface area contributed by atoms with Crippen molar-refractivity contribution in [3.8, 4) is 0 Å². The molecule has 0 fully saturated rings. The van der Waals surface area contributed by atoms with Crippen molar-refractivity contribution in [3.05, 3.63) is 29.3 Å². The van der Waals surface area contributed by atoms with E-state index in [0.717, 1.165) is 16.8 Å². The molecule has 0 saturated carbocycles. The van der Waals surface area contributed by atoms with Crippen LogP contribution in [0.1, 0.15) is 38.8 Å². The van der Waals surface area contributed by atoms with Gasteiger partial charge in [-0.15, -0.1) is 0 Å². The van der Waals surface area contributed by atoms with E-state index in [1.165, 1.54) is 6.92 Å². The minimum absolute atomic E-state index is 0.0262. The monoisotopic (exact) mass is 308 g/mol. The van der Waals surface area contributed by atoms with Gasteiger partial charge in [0.15, 0.2) is 0 Å². The summed E-state index contributed by atoms with van der Waals surface area (Å²) in [6.07, 6.45) is 0. The first kappa shape index (κ1) is 18.1. The van der Waals surface area contributed by atoms with Gasteiger partial charge in [-0.25, -0.2) is 0 Å². The van der Waals surface area contributed by atoms with Gasteiger partial charge in [-0.2, -0.15) is 5.48 Å². The van der Waals surface area contributed by atoms with Gasteiger partial charge in [0.2, 0.25) is 5.91 Å². The zero-order valence-corrected chi connectivity index (χ0v) is 13.8. The lowest BCUT2D eigenvalue weighted by Gasteiger charge is -2.19. The van der Waals surface area contributed by atoms with Gasteiger partial charge in [0.1, 0.15) is 12.1 Å². The Bertz CT molecular complexity index is 535. The third-order valence-electron chi connectivity index (χ3n) is 2.43. The summed E-state index contributed by atoms with van der Waals surface area (Å²) in [5.74, 6) is -0.504. The Morgan fingerprint density at radius 2 is 1.86 bits per heavy atom. The molecule has 0 radical (unpaired) electrons. The molecule has 0 aromatic heterocycles. The molecule has 0 atom stereocenters. The number of rotatable bonds is 6. The Hall–Kier alpha value is -1.92. The second-order valence-electron chi connectivity index (χ2n) is 6.08. The fraction of sp³-hybridized carbons (Fsp3) is 0.500. The van der Waals surface area contributed by atoms with E-state index in [2.05, 4.69) is 10.8 Å². The van der Waals surface area contributed by atoms with Gasteiger partial charge in [0.25, 0.3) is 0 Å². The number of benzene rings is 1. The number of hydroxylamine groups is 1. The van der Waals surface area contributed by atoms with Crippen LogP contribution in [0.15, 0.2) is 18.2 Å². The van der Waals surface area contributed by atoms with Crippen molar-refractivity contribution in [1.29, 1.82) is 0 Å². The SMILES string of the molecule is CC(=O)Nc1cc(C)cc(CONCC(=O)OC(C)(C)C)c1. The molecule has 6 nitrogen and oxygen atoms in total. The lowest BCUT2D eigenvalue weighted by molar-refractivity contribution is -0.156. The number of aryl methyl sites for hydroxylation is 1. The fourth-order valence-electron chi connectivity index (χ4n) is 1.84. The Kier molecular flexibility index (Phi) is 6.52. The normalized spacial score (nSPS) is 11.1. The van der Waals surface area contributed by atoms with E-state index in [1.54, 1.807) is 0 Å². The first-order chi connectivity index (χ1) is 10.2. The van der Waals surface area contributed by atoms with Crippen LogP contribution in [0, 0.1) is 6.92 Å². The van der Waals surface area contributed by atoms with Crippen molar-refractivity contribution in [2.45, 2.75) is 46.8 Å². The summed E-state index contributed by atoms with van der Waals surface area (Å²) in [5, 5.41) is 2.73. The zero-order chi connectivity index (χ0) is 16.8. The second kappa shape index (κ2) is 7.91. The quantitative estimate of drug-likeness (QED) is 0.479. The van der Waals surface area contributed by atoms with Crippen LogP contribution >= 0.6 is 0 Å². The lowest BCUT2D eigenvalue weighted by atomic mass is 10.1. The lowest BCUT2D eigenvalue weighted by Crippen LogP contribution is -2.31. The third kappa shape index (κ3) is 7.75. The molecule has 0 aliphatic rings. The number of carbonyl (C=O) groups excluding carboxylic acids is 2. The van der Waals surface area contributed by atoms with E-state index in [0.29, 0.717) is 0 Å². The zero-order valence-electron chi connectivity index (χ0n) is 13.8. The molecule has 2 N–H and O–H groups in total. The average Bonchev–Trinajstić information content (AvgIpc) is 2.31. The number of anilines is 1. The molecule has 0 aliphatic heterocycles. The van der Waals surface area contributed by atoms with Gasteiger partial charge in [-0.3, -0.25) is 14.4 Å². The van der Waals surface area contributed by atoms with Crippen LogP contribution in [0.25, 0.3) is 0 Å². The van der Waals surface area contributed by atoms with Crippen LogP contribution in [0.2, 0.25) is 0 Å². The molecule has 0 aliphatic carbocycles. The maximum atomic E-state index is 11.5. The van der Waals surface area contributed by atoms with Crippen molar-refractivity contribution in [2.24, 2.45) is 0 Å². The number of carbonyl (C=O) groups is 2. The molecule has 0 saturated heterocycles. The summed E-state index contributed by atoms with van der Waals surface area (Å²) in [6, 6.07) is 5.64. The summed E-state index contributed by atoms with van der Waals surface area (Å²) in [7, 11) is 0. The van der Waals surface area contributed by atoms with Crippen LogP contribution in [0.3, 0.4) is 0 Å². The van der Waals surface area contributed by atoms with Crippen LogP contribution in [0.5, 0.6) is 0 Å². The topological polar surface area (TPSA) is 76.7 Å². The Morgan fingerprint density at radius 1 is 1.18 bits per heavy atom. The van der Waals surface area contributed by atoms with Gasteiger partial charge in [0, 0.05) is 12.6 Å².